The third-order valence-electron chi connectivity index (χ3n) is 19.1. The van der Waals surface area contributed by atoms with Crippen molar-refractivity contribution < 1.29 is 52.3 Å². The molecular weight excluding hydrogens is 1490 g/mol. The number of fused-ring (bicyclic) bond motifs is 6. The number of ether oxygens (including phenoxy) is 2. The quantitative estimate of drug-likeness (QED) is 0.0469. The number of anilines is 4. The van der Waals surface area contributed by atoms with Gasteiger partial charge in [-0.3, -0.25) is 33.2 Å². The number of aromatic amines is 1. The summed E-state index contributed by atoms with van der Waals surface area (Å²) in [6, 6.07) is 30.1. The highest BCUT2D eigenvalue weighted by Crippen LogP contribution is 2.41. The number of rotatable bonds is 15. The summed E-state index contributed by atoms with van der Waals surface area (Å²) in [7, 11) is 3.13. The number of imidazole rings is 2. The number of methoxy groups -OCH3 is 1. The zero-order valence-electron chi connectivity index (χ0n) is 61.1. The van der Waals surface area contributed by atoms with Gasteiger partial charge >= 0.3 is 23.8 Å². The van der Waals surface area contributed by atoms with Crippen molar-refractivity contribution in [3.63, 3.8) is 0 Å². The summed E-state index contributed by atoms with van der Waals surface area (Å²) in [5.41, 5.74) is 13.4. The van der Waals surface area contributed by atoms with E-state index in [0.29, 0.717) is 126 Å². The van der Waals surface area contributed by atoms with Crippen LogP contribution in [0.25, 0.3) is 88.0 Å². The van der Waals surface area contributed by atoms with Crippen LogP contribution in [0.2, 0.25) is 5.02 Å². The largest absolute Gasteiger partial charge is 0.481 e. The third-order valence-corrected chi connectivity index (χ3v) is 20.7. The number of H-pyrrole nitrogens is 1. The molecule has 0 unspecified atom stereocenters. The number of aliphatic carboxylic acids is 2. The molecule has 3 saturated heterocycles. The Balaban J connectivity index is 0.000000141. The zero-order valence-corrected chi connectivity index (χ0v) is 62.7. The molecule has 13 aromatic rings. The average molecular weight is 1570 g/mol. The average Bonchev–Trinajstić information content (AvgIpc) is 1.57. The fourth-order valence-electron chi connectivity index (χ4n) is 13.4. The molecule has 3 fully saturated rings. The molecule has 0 aliphatic carbocycles. The Kier molecular flexibility index (Phi) is 23.5. The maximum atomic E-state index is 14.3. The molecule has 0 bridgehead atoms. The molecule has 0 spiro atoms. The SMILES string of the molecule is COc1ccc(-c2ccc3ncc4c(c3c2)n(-c2ccc(N3CCNCC3)c(C(F)(F)F)c2)c(=O)n4C)cn1.C[C@H](Nc1ncnc2nc[nH]c12)c1cc2cccc(Cl)c2c(=O)n1-c1ccccc1.Cc1c(CN2CCN(C(=O)[C@H](C)O)CC2)sc2c(N3CCOCC3)nc(-c3cnc(N)nc3)nc12.O=C(O)/C=C\C(=O)O. The van der Waals surface area contributed by atoms with Gasteiger partial charge in [0, 0.05) is 149 Å². The number of para-hydroxylation sites is 1. The number of hydrogen-bond donors (Lipinski definition) is 7. The summed E-state index contributed by atoms with van der Waals surface area (Å²) in [5.74, 6) is 0.0848. The number of carbonyl (C=O) groups is 3. The molecule has 3 aliphatic rings. The monoisotopic (exact) mass is 1560 g/mol. The summed E-state index contributed by atoms with van der Waals surface area (Å²) < 4.78 is 59.1. The number of nitrogens with zero attached hydrogens (tertiary/aromatic N) is 16. The van der Waals surface area contributed by atoms with Gasteiger partial charge in [0.15, 0.2) is 23.1 Å². The first kappa shape index (κ1) is 77.8. The Morgan fingerprint density at radius 1 is 0.768 bits per heavy atom. The Morgan fingerprint density at radius 2 is 1.48 bits per heavy atom. The van der Waals surface area contributed by atoms with Crippen LogP contribution in [-0.2, 0) is 38.9 Å². The Bertz CT molecular complexity index is 5770. The number of thiophene rings is 1. The molecule has 12 heterocycles. The second-order valence-electron chi connectivity index (χ2n) is 26.3. The lowest BCUT2D eigenvalue weighted by Gasteiger charge is -2.35. The van der Waals surface area contributed by atoms with Crippen molar-refractivity contribution in [1.29, 1.82) is 0 Å². The van der Waals surface area contributed by atoms with E-state index in [9.17, 15) is 42.3 Å². The van der Waals surface area contributed by atoms with E-state index < -0.39 is 35.5 Å². The Labute approximate surface area is 645 Å². The number of aryl methyl sites for hydroxylation is 2. The van der Waals surface area contributed by atoms with E-state index >= 15 is 0 Å². The number of benzene rings is 4. The first-order chi connectivity index (χ1) is 53.9. The van der Waals surface area contributed by atoms with Crippen molar-refractivity contribution in [3.8, 4) is 39.8 Å². The number of aromatic nitrogens is 13. The van der Waals surface area contributed by atoms with Gasteiger partial charge in [-0.25, -0.2) is 54.3 Å². The Morgan fingerprint density at radius 3 is 2.16 bits per heavy atom. The molecule has 35 heteroatoms. The predicted molar refractivity (Wildman–Crippen MR) is 421 cm³/mol. The molecule has 0 radical (unpaired) electrons. The van der Waals surface area contributed by atoms with Gasteiger partial charge in [0.25, 0.3) is 11.5 Å². The first-order valence-corrected chi connectivity index (χ1v) is 36.6. The summed E-state index contributed by atoms with van der Waals surface area (Å²) >= 11 is 8.11. The van der Waals surface area contributed by atoms with Gasteiger partial charge in [0.05, 0.1) is 92.9 Å². The van der Waals surface area contributed by atoms with Crippen molar-refractivity contribution in [2.24, 2.45) is 7.05 Å². The van der Waals surface area contributed by atoms with Gasteiger partial charge < -0.3 is 60.8 Å². The molecule has 112 heavy (non-hydrogen) atoms. The predicted octanol–water partition coefficient (Wildman–Crippen LogP) is 9.47. The van der Waals surface area contributed by atoms with E-state index in [0.717, 1.165) is 93.8 Å². The van der Waals surface area contributed by atoms with Gasteiger partial charge in [-0.15, -0.1) is 11.3 Å². The topological polar surface area (TPSA) is 374 Å². The molecule has 0 saturated carbocycles. The van der Waals surface area contributed by atoms with Crippen LogP contribution in [-0.4, -0.2) is 198 Å². The highest BCUT2D eigenvalue weighted by atomic mass is 35.5. The summed E-state index contributed by atoms with van der Waals surface area (Å²) in [6.45, 7) is 14.2. The standard InChI is InChI=1S/C28H25F3N6O2.C23H30N8O3S.C22H17ClN6O.C4H4O4/c1-35-24-16-33-22-6-3-17(18-4-8-25(39-2)34-15-18)13-20(22)26(24)37(27(35)38)19-5-7-23(21(14-19)28(29,30)31)36-11-9-32-10-12-36;1-14-17(13-29-3-5-31(6-4-29)22(33)15(2)32)35-19-18(14)27-20(16-11-25-23(24)26-12-16)28-21(19)30-7-9-34-10-8-30;1-13(28-21-19-20(25-11-24-19)26-12-27-21)17-10-14-6-5-9-16(23)18(14)22(30)29(17)15-7-3-2-4-8-15;5-3(6)1-2-4(7)8/h3-8,13-16,32H,9-12H2,1-2H3;11-12,15,32H,3-10,13H2,1-2H3,(H2,24,25,26);2-13H,1H3,(H2,24,25,26,27,28);1-2H,(H,5,6)(H,7,8)/b;;;2-1-/t;15-;13-;/m.00./s1. The minimum atomic E-state index is -4.59. The third kappa shape index (κ3) is 17.0. The minimum absolute atomic E-state index is 0.113. The number of aliphatic hydroxyl groups is 1. The second kappa shape index (κ2) is 33.9. The van der Waals surface area contributed by atoms with Crippen molar-refractivity contribution in [2.75, 3.05) is 107 Å². The number of carbonyl (C=O) groups excluding carboxylic acids is 1. The molecule has 8 N–H and O–H groups in total. The molecule has 578 valence electrons. The van der Waals surface area contributed by atoms with Crippen LogP contribution in [0, 0.1) is 6.92 Å². The molecular formula is C77H76ClF3N20O10S. The highest BCUT2D eigenvalue weighted by molar-refractivity contribution is 7.19. The summed E-state index contributed by atoms with van der Waals surface area (Å²) in [5, 5.41) is 34.1. The number of morpholine rings is 1. The number of aliphatic hydroxyl groups excluding tert-OH is 1. The van der Waals surface area contributed by atoms with E-state index in [-0.39, 0.29) is 34.8 Å². The number of piperazine rings is 2. The van der Waals surface area contributed by atoms with Crippen LogP contribution < -0.4 is 42.2 Å². The van der Waals surface area contributed by atoms with E-state index in [2.05, 4.69) is 67.2 Å². The van der Waals surface area contributed by atoms with Gasteiger partial charge in [-0.1, -0.05) is 48.0 Å². The lowest BCUT2D eigenvalue weighted by molar-refractivity contribution is -0.141. The van der Waals surface area contributed by atoms with Gasteiger partial charge in [0.1, 0.15) is 17.9 Å². The van der Waals surface area contributed by atoms with Crippen LogP contribution in [0.5, 0.6) is 5.88 Å². The number of nitrogens with one attached hydrogen (secondary N) is 3. The van der Waals surface area contributed by atoms with Gasteiger partial charge in [-0.05, 0) is 97.9 Å². The number of carboxylic acids is 2. The van der Waals surface area contributed by atoms with Crippen molar-refractivity contribution >= 4 is 118 Å². The van der Waals surface area contributed by atoms with Crippen LogP contribution in [0.4, 0.5) is 36.4 Å². The maximum absolute atomic E-state index is 14.3. The molecule has 1 amide bonds. The lowest BCUT2D eigenvalue weighted by Crippen LogP contribution is -2.50. The van der Waals surface area contributed by atoms with E-state index in [4.69, 9.17) is 47.0 Å². The zero-order chi connectivity index (χ0) is 79.1. The van der Waals surface area contributed by atoms with E-state index in [1.807, 2.05) is 79.7 Å². The summed E-state index contributed by atoms with van der Waals surface area (Å²) in [4.78, 5) is 110. The molecule has 3 aliphatic heterocycles. The highest BCUT2D eigenvalue weighted by Gasteiger charge is 2.37. The number of alkyl halides is 3. The second-order valence-corrected chi connectivity index (χ2v) is 27.8. The normalized spacial score (nSPS) is 14.7. The minimum Gasteiger partial charge on any atom is -0.481 e. The number of pyridine rings is 3. The molecule has 30 nitrogen and oxygen atoms in total. The fourth-order valence-corrected chi connectivity index (χ4v) is 15.0. The van der Waals surface area contributed by atoms with Crippen LogP contribution in [0.3, 0.4) is 0 Å². The maximum Gasteiger partial charge on any atom is 0.418 e. The van der Waals surface area contributed by atoms with Crippen LogP contribution >= 0.6 is 22.9 Å². The molecule has 4 aromatic carbocycles. The number of halogens is 4. The van der Waals surface area contributed by atoms with Gasteiger partial charge in [0.2, 0.25) is 11.8 Å². The van der Waals surface area contributed by atoms with Gasteiger partial charge in [-0.2, -0.15) is 13.2 Å². The molecule has 16 rings (SSSR count). The number of amides is 1. The van der Waals surface area contributed by atoms with Crippen molar-refractivity contribution in [1.82, 2.24) is 78.7 Å². The smallest absolute Gasteiger partial charge is 0.418 e. The number of hydrogen-bond acceptors (Lipinski definition) is 24. The van der Waals surface area contributed by atoms with Crippen molar-refractivity contribution in [3.05, 3.63) is 200 Å². The fraction of sp³-hybridized carbons (Fsp3) is 0.273. The number of carboxylic acid groups (broad SMARTS) is 2. The molecule has 9 aromatic heterocycles. The van der Waals surface area contributed by atoms with E-state index in [1.54, 1.807) is 82.1 Å². The van der Waals surface area contributed by atoms with Crippen LogP contribution in [0.1, 0.15) is 41.6 Å². The number of nitrogens with two attached hydrogens (primary N) is 1. The first-order valence-electron chi connectivity index (χ1n) is 35.4. The summed E-state index contributed by atoms with van der Waals surface area (Å²) in [6.07, 6.45) is 5.17. The van der Waals surface area contributed by atoms with Crippen molar-refractivity contribution in [2.45, 2.75) is 45.6 Å². The number of nitrogen functional groups attached to an aromatic ring is 1. The van der Waals surface area contributed by atoms with E-state index in [1.165, 1.54) is 40.4 Å². The van der Waals surface area contributed by atoms with Crippen LogP contribution in [0.15, 0.2) is 162 Å². The Hall–Kier alpha value is -12.3. The lowest BCUT2D eigenvalue weighted by atomic mass is 10.0. The molecule has 2 atom stereocenters.